The Kier molecular flexibility index (Phi) is 4.22. The van der Waals surface area contributed by atoms with Crippen LogP contribution in [0, 0.1) is 0 Å². The molecule has 1 aliphatic heterocycles. The third kappa shape index (κ3) is 2.40. The summed E-state index contributed by atoms with van der Waals surface area (Å²) in [5.41, 5.74) is 3.94. The fraction of sp³-hybridized carbons (Fsp3) is 0.700. The maximum atomic E-state index is 5.75. The monoisotopic (exact) mass is 242 g/mol. The van der Waals surface area contributed by atoms with Gasteiger partial charge in [0.1, 0.15) is 0 Å². The molecule has 0 bridgehead atoms. The van der Waals surface area contributed by atoms with Gasteiger partial charge in [-0.25, -0.2) is 5.43 Å². The van der Waals surface area contributed by atoms with E-state index in [-0.39, 0.29) is 12.1 Å². The number of nitrogens with zero attached hydrogens (tertiary/aromatic N) is 2. The highest BCUT2D eigenvalue weighted by molar-refractivity contribution is 7.99. The van der Waals surface area contributed by atoms with Gasteiger partial charge in [0, 0.05) is 24.2 Å². The Morgan fingerprint density at radius 2 is 2.69 bits per heavy atom. The van der Waals surface area contributed by atoms with Crippen molar-refractivity contribution in [1.82, 2.24) is 15.2 Å². The van der Waals surface area contributed by atoms with E-state index in [2.05, 4.69) is 17.4 Å². The molecular weight excluding hydrogens is 224 g/mol. The Morgan fingerprint density at radius 3 is 3.31 bits per heavy atom. The lowest BCUT2D eigenvalue weighted by Gasteiger charge is -2.29. The minimum absolute atomic E-state index is 0.0234. The van der Waals surface area contributed by atoms with E-state index in [4.69, 9.17) is 10.6 Å². The Morgan fingerprint density at radius 1 is 1.81 bits per heavy atom. The highest BCUT2D eigenvalue weighted by atomic mass is 32.2. The Balaban J connectivity index is 2.14. The van der Waals surface area contributed by atoms with Crippen LogP contribution in [0.3, 0.4) is 0 Å². The van der Waals surface area contributed by atoms with Crippen molar-refractivity contribution in [2.45, 2.75) is 25.6 Å². The normalized spacial score (nSPS) is 23.2. The molecule has 1 saturated heterocycles. The summed E-state index contributed by atoms with van der Waals surface area (Å²) in [7, 11) is 0. The number of rotatable bonds is 4. The number of hydrazine groups is 1. The minimum atomic E-state index is 0.0234. The molecule has 0 aromatic carbocycles. The summed E-state index contributed by atoms with van der Waals surface area (Å²) in [4.78, 5) is 0. The molecule has 2 unspecified atom stereocenters. The zero-order valence-electron chi connectivity index (χ0n) is 9.43. The Hall–Kier alpha value is -0.560. The lowest BCUT2D eigenvalue weighted by atomic mass is 10.1. The number of nitrogens with one attached hydrogen (secondary N) is 1. The van der Waals surface area contributed by atoms with Crippen LogP contribution in [0.4, 0.5) is 0 Å². The average Bonchev–Trinajstić information content (AvgIpc) is 2.80. The van der Waals surface area contributed by atoms with Gasteiger partial charge in [-0.2, -0.15) is 16.9 Å². The second-order valence-corrected chi connectivity index (χ2v) is 4.85. The SMILES string of the molecule is CCn1nccc1C(NN)C1CSCCO1. The molecule has 0 amide bonds. The fourth-order valence-electron chi connectivity index (χ4n) is 1.95. The first-order valence-electron chi connectivity index (χ1n) is 5.54. The van der Waals surface area contributed by atoms with Crippen molar-refractivity contribution < 1.29 is 4.74 Å². The minimum Gasteiger partial charge on any atom is -0.374 e. The molecule has 1 aromatic rings. The summed E-state index contributed by atoms with van der Waals surface area (Å²) < 4.78 is 7.70. The van der Waals surface area contributed by atoms with Crippen LogP contribution >= 0.6 is 11.8 Å². The van der Waals surface area contributed by atoms with Gasteiger partial charge in [0.05, 0.1) is 24.4 Å². The van der Waals surface area contributed by atoms with Crippen LogP contribution < -0.4 is 11.3 Å². The molecule has 90 valence electrons. The maximum absolute atomic E-state index is 5.75. The molecule has 2 atom stereocenters. The molecule has 1 aromatic heterocycles. The maximum Gasteiger partial charge on any atom is 0.0898 e. The Labute approximate surface area is 99.7 Å². The number of hydrogen-bond donors (Lipinski definition) is 2. The Bertz CT molecular complexity index is 324. The first-order valence-corrected chi connectivity index (χ1v) is 6.69. The van der Waals surface area contributed by atoms with Crippen molar-refractivity contribution in [3.63, 3.8) is 0 Å². The number of thioether (sulfide) groups is 1. The third-order valence-corrected chi connectivity index (χ3v) is 3.78. The van der Waals surface area contributed by atoms with Crippen molar-refractivity contribution in [2.24, 2.45) is 5.84 Å². The molecule has 5 nitrogen and oxygen atoms in total. The second-order valence-electron chi connectivity index (χ2n) is 3.70. The summed E-state index contributed by atoms with van der Waals surface area (Å²) in [6.07, 6.45) is 1.94. The quantitative estimate of drug-likeness (QED) is 0.596. The van der Waals surface area contributed by atoms with Crippen molar-refractivity contribution in [3.05, 3.63) is 18.0 Å². The van der Waals surface area contributed by atoms with E-state index in [1.54, 1.807) is 6.20 Å². The number of aromatic nitrogens is 2. The van der Waals surface area contributed by atoms with E-state index in [1.165, 1.54) is 0 Å². The molecule has 0 radical (unpaired) electrons. The van der Waals surface area contributed by atoms with Crippen molar-refractivity contribution in [3.8, 4) is 0 Å². The summed E-state index contributed by atoms with van der Waals surface area (Å²) in [6, 6.07) is 2.02. The number of hydrogen-bond acceptors (Lipinski definition) is 5. The van der Waals surface area contributed by atoms with E-state index < -0.39 is 0 Å². The molecule has 1 fully saturated rings. The molecule has 0 aliphatic carbocycles. The highest BCUT2D eigenvalue weighted by Gasteiger charge is 2.27. The lowest BCUT2D eigenvalue weighted by molar-refractivity contribution is 0.0444. The topological polar surface area (TPSA) is 65.1 Å². The van der Waals surface area contributed by atoms with Gasteiger partial charge < -0.3 is 4.74 Å². The van der Waals surface area contributed by atoms with Crippen LogP contribution in [-0.4, -0.2) is 34.0 Å². The number of aryl methyl sites for hydroxylation is 1. The highest BCUT2D eigenvalue weighted by Crippen LogP contribution is 2.24. The molecular formula is C10H18N4OS. The first-order chi connectivity index (χ1) is 7.86. The van der Waals surface area contributed by atoms with Gasteiger partial charge in [-0.1, -0.05) is 0 Å². The van der Waals surface area contributed by atoms with Crippen LogP contribution in [0.15, 0.2) is 12.3 Å². The first kappa shape index (κ1) is 11.9. The van der Waals surface area contributed by atoms with Crippen molar-refractivity contribution >= 4 is 11.8 Å². The van der Waals surface area contributed by atoms with Crippen LogP contribution in [-0.2, 0) is 11.3 Å². The molecule has 1 aliphatic rings. The van der Waals surface area contributed by atoms with Gasteiger partial charge >= 0.3 is 0 Å². The lowest BCUT2D eigenvalue weighted by Crippen LogP contribution is -2.42. The summed E-state index contributed by atoms with van der Waals surface area (Å²) in [6.45, 7) is 3.72. The zero-order chi connectivity index (χ0) is 11.4. The molecule has 3 N–H and O–H groups in total. The average molecular weight is 242 g/mol. The smallest absolute Gasteiger partial charge is 0.0898 e. The standard InChI is InChI=1S/C10H18N4OS/c1-2-14-8(3-4-12-14)10(13-11)9-7-16-6-5-15-9/h3-4,9-10,13H,2,5-7,11H2,1H3. The van der Waals surface area contributed by atoms with Crippen molar-refractivity contribution in [1.29, 1.82) is 0 Å². The van der Waals surface area contributed by atoms with E-state index in [0.717, 1.165) is 30.4 Å². The molecule has 0 saturated carbocycles. The summed E-state index contributed by atoms with van der Waals surface area (Å²) in [5.74, 6) is 7.68. The summed E-state index contributed by atoms with van der Waals surface area (Å²) in [5, 5.41) is 4.26. The van der Waals surface area contributed by atoms with E-state index in [1.807, 2.05) is 22.5 Å². The van der Waals surface area contributed by atoms with E-state index in [0.29, 0.717) is 0 Å². The third-order valence-electron chi connectivity index (χ3n) is 2.76. The predicted octanol–water partition coefficient (Wildman–Crippen LogP) is 0.539. The largest absolute Gasteiger partial charge is 0.374 e. The zero-order valence-corrected chi connectivity index (χ0v) is 10.2. The van der Waals surface area contributed by atoms with Gasteiger partial charge in [0.25, 0.3) is 0 Å². The van der Waals surface area contributed by atoms with E-state index >= 15 is 0 Å². The molecule has 2 heterocycles. The molecule has 2 rings (SSSR count). The van der Waals surface area contributed by atoms with Gasteiger partial charge in [0.15, 0.2) is 0 Å². The number of ether oxygens (including phenoxy) is 1. The van der Waals surface area contributed by atoms with Gasteiger partial charge in [0.2, 0.25) is 0 Å². The second kappa shape index (κ2) is 5.67. The van der Waals surface area contributed by atoms with Gasteiger partial charge in [-0.3, -0.25) is 10.5 Å². The fourth-order valence-corrected chi connectivity index (χ4v) is 2.85. The molecule has 16 heavy (non-hydrogen) atoms. The van der Waals surface area contributed by atoms with Gasteiger partial charge in [-0.15, -0.1) is 0 Å². The predicted molar refractivity (Wildman–Crippen MR) is 65.0 cm³/mol. The molecule has 0 spiro atoms. The van der Waals surface area contributed by atoms with E-state index in [9.17, 15) is 0 Å². The van der Waals surface area contributed by atoms with Crippen LogP contribution in [0.1, 0.15) is 18.7 Å². The van der Waals surface area contributed by atoms with Crippen LogP contribution in [0.25, 0.3) is 0 Å². The molecule has 6 heteroatoms. The number of nitrogens with two attached hydrogens (primary N) is 1. The summed E-state index contributed by atoms with van der Waals surface area (Å²) >= 11 is 1.91. The van der Waals surface area contributed by atoms with Crippen LogP contribution in [0.5, 0.6) is 0 Å². The van der Waals surface area contributed by atoms with Crippen molar-refractivity contribution in [2.75, 3.05) is 18.1 Å². The van der Waals surface area contributed by atoms with Crippen LogP contribution in [0.2, 0.25) is 0 Å². The van der Waals surface area contributed by atoms with Gasteiger partial charge in [-0.05, 0) is 13.0 Å².